The molecule has 2 aromatic carbocycles. The first-order valence-corrected chi connectivity index (χ1v) is 7.69. The molecule has 0 unspecified atom stereocenters. The summed E-state index contributed by atoms with van der Waals surface area (Å²) in [6.45, 7) is 0. The molecule has 0 saturated heterocycles. The summed E-state index contributed by atoms with van der Waals surface area (Å²) in [7, 11) is 0. The topological polar surface area (TPSA) is 25.8 Å². The van der Waals surface area contributed by atoms with Crippen LogP contribution >= 0.6 is 11.3 Å². The number of thiophene rings is 1. The summed E-state index contributed by atoms with van der Waals surface area (Å²) < 4.78 is 0. The first-order chi connectivity index (χ1) is 10.4. The van der Waals surface area contributed by atoms with Gasteiger partial charge >= 0.3 is 0 Å². The highest BCUT2D eigenvalue weighted by molar-refractivity contribution is 7.07. The molecule has 0 aliphatic rings. The van der Waals surface area contributed by atoms with Gasteiger partial charge in [-0.05, 0) is 22.9 Å². The van der Waals surface area contributed by atoms with Gasteiger partial charge < -0.3 is 0 Å². The van der Waals surface area contributed by atoms with Crippen LogP contribution in [-0.2, 0) is 0 Å². The lowest BCUT2D eigenvalue weighted by atomic mass is 10.0. The van der Waals surface area contributed by atoms with Gasteiger partial charge in [0.1, 0.15) is 0 Å². The van der Waals surface area contributed by atoms with Gasteiger partial charge in [-0.3, -0.25) is 9.97 Å². The molecule has 3 heteroatoms. The van der Waals surface area contributed by atoms with Gasteiger partial charge in [0.15, 0.2) is 0 Å². The predicted molar refractivity (Wildman–Crippen MR) is 90.1 cm³/mol. The maximum atomic E-state index is 4.48. The van der Waals surface area contributed by atoms with Crippen molar-refractivity contribution >= 4 is 43.9 Å². The second-order valence-corrected chi connectivity index (χ2v) is 5.61. The van der Waals surface area contributed by atoms with E-state index in [2.05, 4.69) is 22.1 Å². The fraction of sp³-hybridized carbons (Fsp3) is 0. The van der Waals surface area contributed by atoms with Gasteiger partial charge in [-0.25, -0.2) is 0 Å². The van der Waals surface area contributed by atoms with Crippen molar-refractivity contribution in [2.24, 2.45) is 0 Å². The van der Waals surface area contributed by atoms with Crippen molar-refractivity contribution < 1.29 is 0 Å². The molecule has 0 spiro atoms. The van der Waals surface area contributed by atoms with Crippen LogP contribution in [0.1, 0.15) is 0 Å². The monoisotopic (exact) mass is 288 g/mol. The highest BCUT2D eigenvalue weighted by Crippen LogP contribution is 2.31. The lowest BCUT2D eigenvalue weighted by Gasteiger charge is -2.07. The van der Waals surface area contributed by atoms with Crippen LogP contribution < -0.4 is 0 Å². The van der Waals surface area contributed by atoms with E-state index in [-0.39, 0.29) is 0 Å². The maximum absolute atomic E-state index is 4.48. The van der Waals surface area contributed by atoms with Gasteiger partial charge in [0.2, 0.25) is 0 Å². The molecular formula is C18H12N2S. The van der Waals surface area contributed by atoms with Gasteiger partial charge in [-0.1, -0.05) is 36.4 Å². The molecule has 0 N–H and O–H groups in total. The van der Waals surface area contributed by atoms with Crippen LogP contribution in [0.5, 0.6) is 0 Å². The fourth-order valence-corrected chi connectivity index (χ4v) is 3.05. The molecule has 0 bridgehead atoms. The molecule has 0 atom stereocenters. The average Bonchev–Trinajstić information content (AvgIpc) is 3.13. The lowest BCUT2D eigenvalue weighted by Crippen LogP contribution is -1.87. The first-order valence-electron chi connectivity index (χ1n) is 6.75. The summed E-state index contributed by atoms with van der Waals surface area (Å²) >= 11 is 1.71. The van der Waals surface area contributed by atoms with Crippen LogP contribution in [0.3, 0.4) is 0 Å². The molecule has 5 rings (SSSR count). The molecule has 0 amide bonds. The standard InChI is InChI=1S/C14H8N2.C4H4S/c1-3-9-7-16-12-6-2-4-10-8-15-11(5-1)13(9)14(10)12;1-2-4-5-3-1/h1-8H;1-4H. The SMILES string of the molecule is c1cc2cnc3cccc4cnc(c1)c2c43.c1ccsc1. The third kappa shape index (κ3) is 2.12. The normalized spacial score (nSPS) is 10.9. The molecule has 100 valence electrons. The number of pyridine rings is 2. The Morgan fingerprint density at radius 3 is 1.57 bits per heavy atom. The van der Waals surface area contributed by atoms with Crippen molar-refractivity contribution in [1.82, 2.24) is 9.97 Å². The summed E-state index contributed by atoms with van der Waals surface area (Å²) in [6.07, 6.45) is 3.84. The summed E-state index contributed by atoms with van der Waals surface area (Å²) in [6, 6.07) is 16.4. The van der Waals surface area contributed by atoms with Crippen molar-refractivity contribution in [2.75, 3.05) is 0 Å². The van der Waals surface area contributed by atoms with Gasteiger partial charge in [-0.15, -0.1) is 0 Å². The van der Waals surface area contributed by atoms with Gasteiger partial charge in [0.05, 0.1) is 11.0 Å². The molecule has 0 fully saturated rings. The molecule has 21 heavy (non-hydrogen) atoms. The number of rotatable bonds is 0. The molecule has 5 aromatic rings. The van der Waals surface area contributed by atoms with Crippen molar-refractivity contribution in [2.45, 2.75) is 0 Å². The number of aromatic nitrogens is 2. The van der Waals surface area contributed by atoms with Gasteiger partial charge in [0, 0.05) is 33.9 Å². The van der Waals surface area contributed by atoms with E-state index in [4.69, 9.17) is 0 Å². The molecular weight excluding hydrogens is 276 g/mol. The Morgan fingerprint density at radius 2 is 1.14 bits per heavy atom. The summed E-state index contributed by atoms with van der Waals surface area (Å²) in [4.78, 5) is 8.97. The van der Waals surface area contributed by atoms with Crippen LogP contribution in [0.4, 0.5) is 0 Å². The third-order valence-electron chi connectivity index (χ3n) is 3.51. The van der Waals surface area contributed by atoms with Crippen molar-refractivity contribution in [3.63, 3.8) is 0 Å². The van der Waals surface area contributed by atoms with E-state index in [0.717, 1.165) is 21.8 Å². The quantitative estimate of drug-likeness (QED) is 0.369. The van der Waals surface area contributed by atoms with Crippen LogP contribution in [0.15, 0.2) is 71.7 Å². The van der Waals surface area contributed by atoms with E-state index >= 15 is 0 Å². The van der Waals surface area contributed by atoms with E-state index in [1.807, 2.05) is 59.6 Å². The minimum absolute atomic E-state index is 1.04. The minimum atomic E-state index is 1.04. The second-order valence-electron chi connectivity index (χ2n) is 4.79. The van der Waals surface area contributed by atoms with Crippen LogP contribution in [0, 0.1) is 0 Å². The third-order valence-corrected chi connectivity index (χ3v) is 4.14. The van der Waals surface area contributed by atoms with Crippen LogP contribution in [0.2, 0.25) is 0 Å². The van der Waals surface area contributed by atoms with Crippen molar-refractivity contribution in [3.8, 4) is 0 Å². The Morgan fingerprint density at radius 1 is 0.619 bits per heavy atom. The molecule has 0 aliphatic heterocycles. The summed E-state index contributed by atoms with van der Waals surface area (Å²) in [5.41, 5.74) is 2.09. The molecule has 3 aromatic heterocycles. The molecule has 0 radical (unpaired) electrons. The van der Waals surface area contributed by atoms with E-state index in [1.54, 1.807) is 11.3 Å². The Kier molecular flexibility index (Phi) is 2.98. The van der Waals surface area contributed by atoms with E-state index in [9.17, 15) is 0 Å². The Bertz CT molecular complexity index is 843. The summed E-state index contributed by atoms with van der Waals surface area (Å²) in [5, 5.41) is 8.86. The molecule has 3 heterocycles. The smallest absolute Gasteiger partial charge is 0.0715 e. The Labute approximate surface area is 126 Å². The molecule has 2 nitrogen and oxygen atoms in total. The number of nitrogens with zero attached hydrogens (tertiary/aromatic N) is 2. The van der Waals surface area contributed by atoms with Gasteiger partial charge in [-0.2, -0.15) is 11.3 Å². The zero-order chi connectivity index (χ0) is 14.1. The first kappa shape index (κ1) is 12.2. The van der Waals surface area contributed by atoms with Crippen LogP contribution in [-0.4, -0.2) is 9.97 Å². The van der Waals surface area contributed by atoms with Crippen LogP contribution in [0.25, 0.3) is 32.6 Å². The van der Waals surface area contributed by atoms with Crippen molar-refractivity contribution in [3.05, 3.63) is 71.7 Å². The number of benzene rings is 2. The average molecular weight is 288 g/mol. The minimum Gasteiger partial charge on any atom is -0.256 e. The van der Waals surface area contributed by atoms with E-state index < -0.39 is 0 Å². The second kappa shape index (κ2) is 5.11. The molecule has 0 aliphatic carbocycles. The highest BCUT2D eigenvalue weighted by Gasteiger charge is 2.08. The van der Waals surface area contributed by atoms with Gasteiger partial charge in [0.25, 0.3) is 0 Å². The predicted octanol–water partition coefficient (Wildman–Crippen LogP) is 5.12. The zero-order valence-electron chi connectivity index (χ0n) is 11.2. The van der Waals surface area contributed by atoms with E-state index in [0.29, 0.717) is 0 Å². The van der Waals surface area contributed by atoms with E-state index in [1.165, 1.54) is 10.8 Å². The summed E-state index contributed by atoms with van der Waals surface area (Å²) in [5.74, 6) is 0. The zero-order valence-corrected chi connectivity index (χ0v) is 12.0. The number of hydrogen-bond acceptors (Lipinski definition) is 3. The number of hydrogen-bond donors (Lipinski definition) is 0. The Balaban J connectivity index is 0.000000197. The fourth-order valence-electron chi connectivity index (χ4n) is 2.60. The van der Waals surface area contributed by atoms with Crippen molar-refractivity contribution in [1.29, 1.82) is 0 Å². The largest absolute Gasteiger partial charge is 0.256 e. The Hall–Kier alpha value is -2.52. The maximum Gasteiger partial charge on any atom is 0.0715 e. The lowest BCUT2D eigenvalue weighted by molar-refractivity contribution is 1.41. The highest BCUT2D eigenvalue weighted by atomic mass is 32.1. The molecule has 0 saturated carbocycles.